The third-order valence-corrected chi connectivity index (χ3v) is 4.59. The van der Waals surface area contributed by atoms with E-state index in [1.54, 1.807) is 60.7 Å². The van der Waals surface area contributed by atoms with Crippen LogP contribution in [0.15, 0.2) is 83.3 Å². The van der Waals surface area contributed by atoms with Gasteiger partial charge in [-0.25, -0.2) is 9.78 Å². The third-order valence-electron chi connectivity index (χ3n) is 4.59. The third kappa shape index (κ3) is 4.30. The molecule has 0 fully saturated rings. The van der Waals surface area contributed by atoms with E-state index in [9.17, 15) is 14.7 Å². The van der Waals surface area contributed by atoms with Crippen LogP contribution in [0.2, 0.25) is 0 Å². The number of aromatic nitrogens is 1. The summed E-state index contributed by atoms with van der Waals surface area (Å²) in [5.74, 6) is -0.510. The van der Waals surface area contributed by atoms with Gasteiger partial charge < -0.3 is 19.6 Å². The van der Waals surface area contributed by atoms with Crippen LogP contribution in [0.1, 0.15) is 20.8 Å². The van der Waals surface area contributed by atoms with Crippen LogP contribution in [0.3, 0.4) is 0 Å². The first-order valence-electron chi connectivity index (χ1n) is 9.40. The van der Waals surface area contributed by atoms with Crippen molar-refractivity contribution in [3.8, 4) is 28.5 Å². The van der Waals surface area contributed by atoms with Crippen molar-refractivity contribution < 1.29 is 23.8 Å². The highest BCUT2D eigenvalue weighted by atomic mass is 16.5. The molecule has 0 aliphatic carbocycles. The maximum Gasteiger partial charge on any atom is 0.358 e. The number of carboxylic acid groups (broad SMARTS) is 1. The number of amides is 1. The first-order chi connectivity index (χ1) is 15.0. The summed E-state index contributed by atoms with van der Waals surface area (Å²) in [6.07, 6.45) is 0. The molecule has 1 heterocycles. The number of ether oxygens (including phenoxy) is 1. The normalized spacial score (nSPS) is 10.5. The van der Waals surface area contributed by atoms with Crippen LogP contribution >= 0.6 is 0 Å². The zero-order chi connectivity index (χ0) is 21.8. The summed E-state index contributed by atoms with van der Waals surface area (Å²) in [7, 11) is 1.54. The van der Waals surface area contributed by atoms with Gasteiger partial charge in [-0.1, -0.05) is 24.3 Å². The Balaban J connectivity index is 1.58. The molecule has 154 valence electrons. The number of nitrogens with zero attached hydrogens (tertiary/aromatic N) is 1. The highest BCUT2D eigenvalue weighted by Gasteiger charge is 2.21. The summed E-state index contributed by atoms with van der Waals surface area (Å²) in [6.45, 7) is 0. The Kier molecular flexibility index (Phi) is 5.49. The molecular formula is C24H18N2O5. The summed E-state index contributed by atoms with van der Waals surface area (Å²) < 4.78 is 10.9. The van der Waals surface area contributed by atoms with E-state index in [0.29, 0.717) is 28.1 Å². The fraction of sp³-hybridized carbons (Fsp3) is 0.0417. The quantitative estimate of drug-likeness (QED) is 0.462. The lowest BCUT2D eigenvalue weighted by atomic mass is 10.1. The predicted molar refractivity (Wildman–Crippen MR) is 115 cm³/mol. The molecule has 0 aliphatic rings. The number of methoxy groups -OCH3 is 1. The van der Waals surface area contributed by atoms with Crippen molar-refractivity contribution in [2.75, 3.05) is 12.4 Å². The Morgan fingerprint density at radius 1 is 0.935 bits per heavy atom. The van der Waals surface area contributed by atoms with Crippen LogP contribution in [-0.2, 0) is 0 Å². The maximum absolute atomic E-state index is 12.5. The predicted octanol–water partition coefficient (Wildman–Crippen LogP) is 4.97. The molecule has 2 N–H and O–H groups in total. The average molecular weight is 414 g/mol. The van der Waals surface area contributed by atoms with Gasteiger partial charge in [0.15, 0.2) is 11.5 Å². The largest absolute Gasteiger partial charge is 0.497 e. The number of oxazole rings is 1. The zero-order valence-corrected chi connectivity index (χ0v) is 16.5. The van der Waals surface area contributed by atoms with Crippen LogP contribution < -0.4 is 10.1 Å². The monoisotopic (exact) mass is 414 g/mol. The summed E-state index contributed by atoms with van der Waals surface area (Å²) in [6, 6.07) is 22.6. The number of benzene rings is 3. The summed E-state index contributed by atoms with van der Waals surface area (Å²) in [5.41, 5.74) is 2.05. The van der Waals surface area contributed by atoms with E-state index in [1.165, 1.54) is 7.11 Å². The van der Waals surface area contributed by atoms with Crippen molar-refractivity contribution >= 4 is 17.6 Å². The molecule has 0 atom stereocenters. The van der Waals surface area contributed by atoms with Crippen molar-refractivity contribution in [1.82, 2.24) is 4.98 Å². The van der Waals surface area contributed by atoms with Crippen molar-refractivity contribution in [3.63, 3.8) is 0 Å². The topological polar surface area (TPSA) is 102 Å². The number of rotatable bonds is 6. The van der Waals surface area contributed by atoms with E-state index >= 15 is 0 Å². The molecule has 3 aromatic carbocycles. The molecule has 31 heavy (non-hydrogen) atoms. The van der Waals surface area contributed by atoms with E-state index in [2.05, 4.69) is 10.3 Å². The number of carboxylic acids is 1. The van der Waals surface area contributed by atoms with Crippen LogP contribution in [-0.4, -0.2) is 29.1 Å². The molecule has 7 heteroatoms. The van der Waals surface area contributed by atoms with Gasteiger partial charge in [-0.05, 0) is 54.6 Å². The molecule has 4 rings (SSSR count). The van der Waals surface area contributed by atoms with E-state index in [4.69, 9.17) is 9.15 Å². The smallest absolute Gasteiger partial charge is 0.358 e. The minimum atomic E-state index is -1.18. The van der Waals surface area contributed by atoms with Crippen LogP contribution in [0.4, 0.5) is 5.69 Å². The highest BCUT2D eigenvalue weighted by molar-refractivity contribution is 6.04. The van der Waals surface area contributed by atoms with Crippen LogP contribution in [0, 0.1) is 0 Å². The molecule has 0 bridgehead atoms. The van der Waals surface area contributed by atoms with Crippen molar-refractivity contribution in [1.29, 1.82) is 0 Å². The van der Waals surface area contributed by atoms with Crippen molar-refractivity contribution in [2.45, 2.75) is 0 Å². The van der Waals surface area contributed by atoms with Gasteiger partial charge in [-0.3, -0.25) is 4.79 Å². The van der Waals surface area contributed by atoms with Crippen LogP contribution in [0.5, 0.6) is 5.75 Å². The van der Waals surface area contributed by atoms with Gasteiger partial charge in [0, 0.05) is 22.4 Å². The van der Waals surface area contributed by atoms with Gasteiger partial charge in [-0.15, -0.1) is 0 Å². The molecule has 0 aliphatic heterocycles. The first-order valence-corrected chi connectivity index (χ1v) is 9.40. The number of hydrogen-bond donors (Lipinski definition) is 2. The lowest BCUT2D eigenvalue weighted by Crippen LogP contribution is -2.11. The van der Waals surface area contributed by atoms with E-state index in [1.807, 2.05) is 18.2 Å². The standard InChI is InChI=1S/C24H18N2O5/c1-30-19-9-5-8-17(14-19)22(27)25-18-12-10-15(11-13-18)21-20(24(28)29)26-23(31-21)16-6-3-2-4-7-16/h2-14H,1H3,(H,25,27)(H,28,29). The number of anilines is 1. The van der Waals surface area contributed by atoms with Gasteiger partial charge >= 0.3 is 5.97 Å². The number of nitrogens with one attached hydrogen (secondary N) is 1. The first kappa shape index (κ1) is 19.9. The number of aromatic carboxylic acids is 1. The summed E-state index contributed by atoms with van der Waals surface area (Å²) in [4.78, 5) is 28.3. The second kappa shape index (κ2) is 8.54. The Morgan fingerprint density at radius 2 is 1.68 bits per heavy atom. The molecule has 0 saturated carbocycles. The molecule has 7 nitrogen and oxygen atoms in total. The maximum atomic E-state index is 12.5. The van der Waals surface area contributed by atoms with Gasteiger partial charge in [0.2, 0.25) is 5.89 Å². The van der Waals surface area contributed by atoms with Crippen molar-refractivity contribution in [3.05, 3.63) is 90.1 Å². The van der Waals surface area contributed by atoms with Gasteiger partial charge in [0.25, 0.3) is 5.91 Å². The fourth-order valence-electron chi connectivity index (χ4n) is 3.04. The SMILES string of the molecule is COc1cccc(C(=O)Nc2ccc(-c3oc(-c4ccccc4)nc3C(=O)O)cc2)c1. The highest BCUT2D eigenvalue weighted by Crippen LogP contribution is 2.30. The number of carbonyl (C=O) groups is 2. The lowest BCUT2D eigenvalue weighted by molar-refractivity contribution is 0.0691. The Hall–Kier alpha value is -4.39. The molecule has 1 aromatic heterocycles. The van der Waals surface area contributed by atoms with Gasteiger partial charge in [0.05, 0.1) is 7.11 Å². The summed E-state index contributed by atoms with van der Waals surface area (Å²) in [5, 5.41) is 12.3. The Bertz CT molecular complexity index is 1230. The van der Waals surface area contributed by atoms with Crippen LogP contribution in [0.25, 0.3) is 22.8 Å². The fourth-order valence-corrected chi connectivity index (χ4v) is 3.04. The lowest BCUT2D eigenvalue weighted by Gasteiger charge is -2.07. The van der Waals surface area contributed by atoms with Crippen molar-refractivity contribution in [2.24, 2.45) is 0 Å². The number of hydrogen-bond acceptors (Lipinski definition) is 5. The molecule has 1 amide bonds. The minimum absolute atomic E-state index is 0.150. The molecule has 4 aromatic rings. The molecule has 0 unspecified atom stereocenters. The summed E-state index contributed by atoms with van der Waals surface area (Å²) >= 11 is 0. The van der Waals surface area contributed by atoms with Gasteiger partial charge in [0.1, 0.15) is 5.75 Å². The molecule has 0 saturated heterocycles. The zero-order valence-electron chi connectivity index (χ0n) is 16.5. The minimum Gasteiger partial charge on any atom is -0.497 e. The average Bonchev–Trinajstić information content (AvgIpc) is 3.26. The molecule has 0 radical (unpaired) electrons. The van der Waals surface area contributed by atoms with Gasteiger partial charge in [-0.2, -0.15) is 0 Å². The van der Waals surface area contributed by atoms with E-state index in [0.717, 1.165) is 0 Å². The molecular weight excluding hydrogens is 396 g/mol. The number of carbonyl (C=O) groups excluding carboxylic acids is 1. The Morgan fingerprint density at radius 3 is 2.35 bits per heavy atom. The molecule has 0 spiro atoms. The Labute approximate surface area is 177 Å². The second-order valence-corrected chi connectivity index (χ2v) is 6.63. The van der Waals surface area contributed by atoms with E-state index < -0.39 is 5.97 Å². The second-order valence-electron chi connectivity index (χ2n) is 6.63. The van der Waals surface area contributed by atoms with E-state index in [-0.39, 0.29) is 23.3 Å².